The minimum absolute atomic E-state index is 0.0158. The van der Waals surface area contributed by atoms with Crippen molar-refractivity contribution in [1.82, 2.24) is 5.32 Å². The van der Waals surface area contributed by atoms with Crippen LogP contribution in [-0.2, 0) is 11.2 Å². The summed E-state index contributed by atoms with van der Waals surface area (Å²) in [6.07, 6.45) is 2.03. The lowest BCUT2D eigenvalue weighted by Crippen LogP contribution is -2.27. The molecule has 5 heteroatoms. The van der Waals surface area contributed by atoms with Gasteiger partial charge in [0.25, 0.3) is 0 Å². The maximum atomic E-state index is 13.4. The summed E-state index contributed by atoms with van der Waals surface area (Å²) in [5, 5.41) is 2.48. The van der Waals surface area contributed by atoms with E-state index in [4.69, 9.17) is 11.6 Å². The summed E-state index contributed by atoms with van der Waals surface area (Å²) >= 11 is 5.66. The van der Waals surface area contributed by atoms with E-state index in [1.54, 1.807) is 0 Å². The molecule has 1 saturated carbocycles. The van der Waals surface area contributed by atoms with Crippen LogP contribution in [-0.4, -0.2) is 12.5 Å². The molecule has 0 spiro atoms. The number of rotatable bonds is 4. The van der Waals surface area contributed by atoms with Gasteiger partial charge in [0, 0.05) is 18.0 Å². The Morgan fingerprint density at radius 3 is 2.65 bits per heavy atom. The predicted molar refractivity (Wildman–Crippen MR) is 60.8 cm³/mol. The number of carbonyl (C=O) groups excluding carboxylic acids is 1. The quantitative estimate of drug-likeness (QED) is 0.828. The molecule has 1 aliphatic carbocycles. The number of amides is 1. The molecule has 2 rings (SSSR count). The second-order valence-electron chi connectivity index (χ2n) is 4.14. The SMILES string of the molecule is O=C(NCCc1c(F)ccc(F)c1Cl)C1CC1. The van der Waals surface area contributed by atoms with Crippen molar-refractivity contribution < 1.29 is 13.6 Å². The Hall–Kier alpha value is -1.16. The number of hydrogen-bond donors (Lipinski definition) is 1. The molecule has 0 unspecified atom stereocenters. The first-order valence-electron chi connectivity index (χ1n) is 5.49. The Balaban J connectivity index is 1.93. The maximum absolute atomic E-state index is 13.4. The van der Waals surface area contributed by atoms with Crippen LogP contribution in [0.25, 0.3) is 0 Å². The molecule has 1 amide bonds. The van der Waals surface area contributed by atoms with Gasteiger partial charge in [0.1, 0.15) is 11.6 Å². The Bertz CT molecular complexity index is 446. The van der Waals surface area contributed by atoms with Gasteiger partial charge in [0.2, 0.25) is 5.91 Å². The summed E-state index contributed by atoms with van der Waals surface area (Å²) in [6, 6.07) is 2.03. The van der Waals surface area contributed by atoms with Gasteiger partial charge >= 0.3 is 0 Å². The largest absolute Gasteiger partial charge is 0.356 e. The zero-order valence-electron chi connectivity index (χ0n) is 9.10. The third kappa shape index (κ3) is 2.94. The van der Waals surface area contributed by atoms with Crippen molar-refractivity contribution in [3.63, 3.8) is 0 Å². The molecule has 0 radical (unpaired) electrons. The van der Waals surface area contributed by atoms with Crippen molar-refractivity contribution in [2.75, 3.05) is 6.54 Å². The Morgan fingerprint density at radius 2 is 2.00 bits per heavy atom. The van der Waals surface area contributed by atoms with Crippen LogP contribution in [0.4, 0.5) is 8.78 Å². The number of carbonyl (C=O) groups is 1. The fourth-order valence-corrected chi connectivity index (χ4v) is 1.85. The van der Waals surface area contributed by atoms with E-state index in [0.29, 0.717) is 0 Å². The van der Waals surface area contributed by atoms with E-state index in [1.165, 1.54) is 0 Å². The first-order valence-corrected chi connectivity index (χ1v) is 5.87. The molecule has 0 aromatic heterocycles. The van der Waals surface area contributed by atoms with E-state index in [0.717, 1.165) is 25.0 Å². The van der Waals surface area contributed by atoms with Crippen molar-refractivity contribution >= 4 is 17.5 Å². The summed E-state index contributed by atoms with van der Waals surface area (Å²) in [5.41, 5.74) is 0.114. The highest BCUT2D eigenvalue weighted by molar-refractivity contribution is 6.31. The molecule has 1 aromatic rings. The summed E-state index contributed by atoms with van der Waals surface area (Å²) in [4.78, 5) is 11.3. The lowest BCUT2D eigenvalue weighted by Gasteiger charge is -2.08. The third-order valence-corrected chi connectivity index (χ3v) is 3.17. The number of nitrogens with one attached hydrogen (secondary N) is 1. The number of benzene rings is 1. The van der Waals surface area contributed by atoms with Crippen molar-refractivity contribution in [1.29, 1.82) is 0 Å². The predicted octanol–water partition coefficient (Wildman–Crippen LogP) is 2.69. The van der Waals surface area contributed by atoms with Crippen LogP contribution < -0.4 is 5.32 Å². The average molecular weight is 260 g/mol. The van der Waals surface area contributed by atoms with E-state index in [2.05, 4.69) is 5.32 Å². The highest BCUT2D eigenvalue weighted by Crippen LogP contribution is 2.28. The van der Waals surface area contributed by atoms with E-state index in [-0.39, 0.29) is 35.4 Å². The highest BCUT2D eigenvalue weighted by atomic mass is 35.5. The first kappa shape index (κ1) is 12.3. The molecular formula is C12H12ClF2NO. The Morgan fingerprint density at radius 1 is 1.35 bits per heavy atom. The summed E-state index contributed by atoms with van der Waals surface area (Å²) in [7, 11) is 0. The van der Waals surface area contributed by atoms with Gasteiger partial charge < -0.3 is 5.32 Å². The van der Waals surface area contributed by atoms with Crippen LogP contribution in [0, 0.1) is 17.6 Å². The molecule has 0 atom stereocenters. The second kappa shape index (κ2) is 5.00. The molecule has 0 heterocycles. The third-order valence-electron chi connectivity index (χ3n) is 2.76. The van der Waals surface area contributed by atoms with Crippen LogP contribution in [0.5, 0.6) is 0 Å². The smallest absolute Gasteiger partial charge is 0.223 e. The van der Waals surface area contributed by atoms with Gasteiger partial charge in [0.15, 0.2) is 0 Å². The first-order chi connectivity index (χ1) is 8.09. The molecule has 0 bridgehead atoms. The van der Waals surface area contributed by atoms with Crippen LogP contribution in [0.3, 0.4) is 0 Å². The molecule has 1 aliphatic rings. The van der Waals surface area contributed by atoms with E-state index >= 15 is 0 Å². The molecule has 92 valence electrons. The van der Waals surface area contributed by atoms with Gasteiger partial charge in [-0.05, 0) is 31.4 Å². The minimum atomic E-state index is -0.642. The van der Waals surface area contributed by atoms with E-state index in [9.17, 15) is 13.6 Å². The van der Waals surface area contributed by atoms with Crippen molar-refractivity contribution in [2.24, 2.45) is 5.92 Å². The second-order valence-corrected chi connectivity index (χ2v) is 4.52. The van der Waals surface area contributed by atoms with Gasteiger partial charge in [0.05, 0.1) is 5.02 Å². The topological polar surface area (TPSA) is 29.1 Å². The normalized spacial score (nSPS) is 14.8. The van der Waals surface area contributed by atoms with Gasteiger partial charge in [-0.3, -0.25) is 4.79 Å². The fourth-order valence-electron chi connectivity index (χ4n) is 1.60. The number of hydrogen-bond acceptors (Lipinski definition) is 1. The van der Waals surface area contributed by atoms with Crippen molar-refractivity contribution in [2.45, 2.75) is 19.3 Å². The van der Waals surface area contributed by atoms with Gasteiger partial charge in [-0.1, -0.05) is 11.6 Å². The van der Waals surface area contributed by atoms with Crippen LogP contribution >= 0.6 is 11.6 Å². The molecule has 2 nitrogen and oxygen atoms in total. The standard InChI is InChI=1S/C12H12ClF2NO/c13-11-8(9(14)3-4-10(11)15)5-6-16-12(17)7-1-2-7/h3-4,7H,1-2,5-6H2,(H,16,17). The van der Waals surface area contributed by atoms with Crippen LogP contribution in [0.1, 0.15) is 18.4 Å². The number of halogens is 3. The summed E-state index contributed by atoms with van der Waals surface area (Å²) in [6.45, 7) is 0.273. The van der Waals surface area contributed by atoms with Crippen molar-refractivity contribution in [3.05, 3.63) is 34.4 Å². The molecule has 0 saturated heterocycles. The molecule has 1 aromatic carbocycles. The van der Waals surface area contributed by atoms with Crippen molar-refractivity contribution in [3.8, 4) is 0 Å². The Kier molecular flexibility index (Phi) is 3.62. The minimum Gasteiger partial charge on any atom is -0.356 e. The summed E-state index contributed by atoms with van der Waals surface area (Å²) in [5.74, 6) is -1.09. The molecule has 0 aliphatic heterocycles. The summed E-state index contributed by atoms with van der Waals surface area (Å²) < 4.78 is 26.5. The fraction of sp³-hybridized carbons (Fsp3) is 0.417. The van der Waals surface area contributed by atoms with Crippen LogP contribution in [0.15, 0.2) is 12.1 Å². The van der Waals surface area contributed by atoms with Gasteiger partial charge in [-0.15, -0.1) is 0 Å². The lowest BCUT2D eigenvalue weighted by molar-refractivity contribution is -0.122. The van der Waals surface area contributed by atoms with Crippen LogP contribution in [0.2, 0.25) is 5.02 Å². The Labute approximate surface area is 103 Å². The molecular weight excluding hydrogens is 248 g/mol. The molecule has 17 heavy (non-hydrogen) atoms. The van der Waals surface area contributed by atoms with Gasteiger partial charge in [-0.25, -0.2) is 8.78 Å². The lowest BCUT2D eigenvalue weighted by atomic mass is 10.1. The molecule has 1 N–H and O–H groups in total. The zero-order valence-corrected chi connectivity index (χ0v) is 9.86. The average Bonchev–Trinajstić information content (AvgIpc) is 3.12. The van der Waals surface area contributed by atoms with Gasteiger partial charge in [-0.2, -0.15) is 0 Å². The van der Waals surface area contributed by atoms with E-state index < -0.39 is 11.6 Å². The highest BCUT2D eigenvalue weighted by Gasteiger charge is 2.29. The molecule has 1 fully saturated rings. The monoisotopic (exact) mass is 259 g/mol. The van der Waals surface area contributed by atoms with E-state index in [1.807, 2.05) is 0 Å². The zero-order chi connectivity index (χ0) is 12.4. The maximum Gasteiger partial charge on any atom is 0.223 e.